The number of hydrogen-bond donors (Lipinski definition) is 2. The molecule has 1 aromatic heterocycles. The first kappa shape index (κ1) is 24.7. The molecular weight excluding hydrogens is 477 g/mol. The zero-order chi connectivity index (χ0) is 24.9. The van der Waals surface area contributed by atoms with Crippen molar-refractivity contribution >= 4 is 40.8 Å². The zero-order valence-electron chi connectivity index (χ0n) is 19.6. The molecule has 2 aromatic rings. The molecule has 0 spiro atoms. The van der Waals surface area contributed by atoms with Gasteiger partial charge in [-0.3, -0.25) is 19.4 Å². The van der Waals surface area contributed by atoms with Crippen LogP contribution in [0.25, 0.3) is 0 Å². The van der Waals surface area contributed by atoms with E-state index in [0.29, 0.717) is 44.1 Å². The molecule has 4 rings (SSSR count). The number of ether oxygens (including phenoxy) is 2. The third-order valence-corrected chi connectivity index (χ3v) is 6.08. The van der Waals surface area contributed by atoms with Crippen molar-refractivity contribution in [3.8, 4) is 0 Å². The summed E-state index contributed by atoms with van der Waals surface area (Å²) in [6.45, 7) is 4.38. The van der Waals surface area contributed by atoms with E-state index in [1.54, 1.807) is 28.0 Å². The van der Waals surface area contributed by atoms with Crippen LogP contribution in [0.2, 0.25) is 0 Å². The number of aromatic nitrogens is 2. The van der Waals surface area contributed by atoms with Crippen LogP contribution >= 0.6 is 12.2 Å². The molecule has 13 heteroatoms. The second-order valence-corrected chi connectivity index (χ2v) is 8.59. The van der Waals surface area contributed by atoms with Gasteiger partial charge in [-0.25, -0.2) is 14.6 Å². The first-order valence-electron chi connectivity index (χ1n) is 11.2. The van der Waals surface area contributed by atoms with E-state index in [4.69, 9.17) is 21.7 Å². The fourth-order valence-electron chi connectivity index (χ4n) is 3.99. The molecule has 2 aliphatic rings. The Labute approximate surface area is 207 Å². The molecule has 0 radical (unpaired) electrons. The first-order chi connectivity index (χ1) is 16.8. The van der Waals surface area contributed by atoms with Crippen LogP contribution in [0.3, 0.4) is 0 Å². The van der Waals surface area contributed by atoms with E-state index in [1.807, 2.05) is 17.9 Å². The minimum atomic E-state index is -0.548. The van der Waals surface area contributed by atoms with Crippen LogP contribution in [0.15, 0.2) is 30.5 Å². The molecule has 3 heterocycles. The Hall–Kier alpha value is -3.45. The Balaban J connectivity index is 1.35. The normalized spacial score (nSPS) is 18.3. The van der Waals surface area contributed by atoms with Gasteiger partial charge in [0, 0.05) is 25.8 Å². The lowest BCUT2D eigenvalue weighted by Gasteiger charge is -2.24. The molecule has 1 atom stereocenters. The second-order valence-electron chi connectivity index (χ2n) is 8.22. The molecule has 2 amide bonds. The van der Waals surface area contributed by atoms with Gasteiger partial charge in [-0.1, -0.05) is 0 Å². The van der Waals surface area contributed by atoms with E-state index in [1.165, 1.54) is 18.1 Å². The van der Waals surface area contributed by atoms with Gasteiger partial charge in [0.1, 0.15) is 18.5 Å². The maximum absolute atomic E-state index is 15.1. The quantitative estimate of drug-likeness (QED) is 0.557. The Morgan fingerprint density at radius 2 is 2.17 bits per heavy atom. The van der Waals surface area contributed by atoms with E-state index < -0.39 is 18.0 Å². The molecule has 0 aliphatic carbocycles. The van der Waals surface area contributed by atoms with Crippen LogP contribution in [-0.4, -0.2) is 84.4 Å². The number of amides is 2. The molecule has 2 fully saturated rings. The molecule has 1 aromatic carbocycles. The number of hydrogen-bond acceptors (Lipinski definition) is 8. The molecule has 11 nitrogen and oxygen atoms in total. The highest BCUT2D eigenvalue weighted by Crippen LogP contribution is 2.28. The molecule has 2 aliphatic heterocycles. The number of nitrogens with one attached hydrogen (secondary N) is 2. The number of rotatable bonds is 6. The van der Waals surface area contributed by atoms with Gasteiger partial charge in [-0.2, -0.15) is 5.10 Å². The summed E-state index contributed by atoms with van der Waals surface area (Å²) in [4.78, 5) is 28.2. The van der Waals surface area contributed by atoms with Crippen LogP contribution in [0.4, 0.5) is 20.6 Å². The van der Waals surface area contributed by atoms with E-state index in [-0.39, 0.29) is 24.2 Å². The highest BCUT2D eigenvalue weighted by Gasteiger charge is 2.33. The summed E-state index contributed by atoms with van der Waals surface area (Å²) in [6.07, 6.45) is 0.773. The fraction of sp³-hybridized carbons (Fsp3) is 0.455. The van der Waals surface area contributed by atoms with Crippen molar-refractivity contribution in [3.63, 3.8) is 0 Å². The standard InChI is InChI=1S/C22H28FN7O4S/c1-15-5-7-28(26-15)14-20(31)30-10-9-27(8-6-25-30)19-4-3-16(11-18(19)23)29-13-17(34-22(29)32)12-24-21(35)33-2/h3-5,7,11,17,25H,6,8-10,12-14H2,1-2H3,(H,24,35)/t17-/m0/s1. The molecule has 2 saturated heterocycles. The van der Waals surface area contributed by atoms with E-state index in [0.717, 1.165) is 5.69 Å². The number of cyclic esters (lactones) is 1. The van der Waals surface area contributed by atoms with Crippen molar-refractivity contribution in [2.75, 3.05) is 56.2 Å². The number of anilines is 2. The van der Waals surface area contributed by atoms with Crippen LogP contribution in [0.5, 0.6) is 0 Å². The number of benzene rings is 1. The van der Waals surface area contributed by atoms with Crippen molar-refractivity contribution in [1.29, 1.82) is 0 Å². The van der Waals surface area contributed by atoms with Gasteiger partial charge >= 0.3 is 6.09 Å². The van der Waals surface area contributed by atoms with Crippen molar-refractivity contribution in [1.82, 2.24) is 25.5 Å². The minimum absolute atomic E-state index is 0.117. The molecule has 0 saturated carbocycles. The SMILES string of the molecule is COC(=S)NC[C@H]1CN(c2ccc(N3CCNN(C(=O)Cn4ccc(C)n4)CC3)c(F)c2)C(=O)O1. The summed E-state index contributed by atoms with van der Waals surface area (Å²) < 4.78 is 26.9. The molecule has 0 bridgehead atoms. The Morgan fingerprint density at radius 3 is 2.89 bits per heavy atom. The second kappa shape index (κ2) is 10.9. The van der Waals surface area contributed by atoms with Crippen LogP contribution in [0, 0.1) is 12.7 Å². The number of halogens is 1. The lowest BCUT2D eigenvalue weighted by atomic mass is 10.2. The summed E-state index contributed by atoms with van der Waals surface area (Å²) in [6, 6.07) is 6.50. The third kappa shape index (κ3) is 5.98. The lowest BCUT2D eigenvalue weighted by Crippen LogP contribution is -2.45. The fourth-order valence-corrected chi connectivity index (χ4v) is 4.07. The summed E-state index contributed by atoms with van der Waals surface area (Å²) in [5.74, 6) is -0.571. The van der Waals surface area contributed by atoms with Crippen LogP contribution < -0.4 is 20.5 Å². The average Bonchev–Trinajstić information content (AvgIpc) is 3.32. The van der Waals surface area contributed by atoms with Gasteiger partial charge in [-0.15, -0.1) is 0 Å². The smallest absolute Gasteiger partial charge is 0.414 e. The maximum atomic E-state index is 15.1. The Kier molecular flexibility index (Phi) is 7.66. The molecule has 2 N–H and O–H groups in total. The van der Waals surface area contributed by atoms with Crippen molar-refractivity contribution < 1.29 is 23.5 Å². The molecular formula is C22H28FN7O4S. The Bertz CT molecular complexity index is 1100. The lowest BCUT2D eigenvalue weighted by molar-refractivity contribution is -0.134. The zero-order valence-corrected chi connectivity index (χ0v) is 20.4. The number of carbonyl (C=O) groups is 2. The molecule has 35 heavy (non-hydrogen) atoms. The predicted octanol–water partition coefficient (Wildman–Crippen LogP) is 1.03. The summed E-state index contributed by atoms with van der Waals surface area (Å²) in [7, 11) is 1.45. The van der Waals surface area contributed by atoms with E-state index in [9.17, 15) is 9.59 Å². The number of carbonyl (C=O) groups excluding carboxylic acids is 2. The van der Waals surface area contributed by atoms with Gasteiger partial charge in [0.05, 0.1) is 43.8 Å². The largest absolute Gasteiger partial charge is 0.474 e. The monoisotopic (exact) mass is 505 g/mol. The highest BCUT2D eigenvalue weighted by atomic mass is 32.1. The predicted molar refractivity (Wildman–Crippen MR) is 131 cm³/mol. The van der Waals surface area contributed by atoms with E-state index >= 15 is 4.39 Å². The topological polar surface area (TPSA) is 104 Å². The van der Waals surface area contributed by atoms with Gasteiger partial charge in [-0.05, 0) is 43.4 Å². The molecule has 0 unspecified atom stereocenters. The van der Waals surface area contributed by atoms with Crippen LogP contribution in [0.1, 0.15) is 5.69 Å². The number of thiocarbonyl (C=S) groups is 1. The number of hydrazine groups is 1. The number of aryl methyl sites for hydroxylation is 1. The van der Waals surface area contributed by atoms with Crippen molar-refractivity contribution in [3.05, 3.63) is 42.0 Å². The summed E-state index contributed by atoms with van der Waals surface area (Å²) in [5, 5.41) is 8.85. The number of nitrogens with zero attached hydrogens (tertiary/aromatic N) is 5. The van der Waals surface area contributed by atoms with Crippen molar-refractivity contribution in [2.45, 2.75) is 19.6 Å². The number of methoxy groups -OCH3 is 1. The van der Waals surface area contributed by atoms with Gasteiger partial charge in [0.25, 0.3) is 11.1 Å². The third-order valence-electron chi connectivity index (χ3n) is 5.77. The minimum Gasteiger partial charge on any atom is -0.474 e. The summed E-state index contributed by atoms with van der Waals surface area (Å²) >= 11 is 4.93. The maximum Gasteiger partial charge on any atom is 0.414 e. The van der Waals surface area contributed by atoms with Crippen molar-refractivity contribution in [2.24, 2.45) is 0 Å². The van der Waals surface area contributed by atoms with Gasteiger partial charge < -0.3 is 19.7 Å². The average molecular weight is 506 g/mol. The van der Waals surface area contributed by atoms with Gasteiger partial charge in [0.2, 0.25) is 0 Å². The summed E-state index contributed by atoms with van der Waals surface area (Å²) in [5.41, 5.74) is 4.76. The van der Waals surface area contributed by atoms with Crippen LogP contribution in [-0.2, 0) is 20.8 Å². The highest BCUT2D eigenvalue weighted by molar-refractivity contribution is 7.80. The van der Waals surface area contributed by atoms with E-state index in [2.05, 4.69) is 15.8 Å². The first-order valence-corrected chi connectivity index (χ1v) is 11.6. The Morgan fingerprint density at radius 1 is 1.34 bits per heavy atom. The molecule has 188 valence electrons. The van der Waals surface area contributed by atoms with Gasteiger partial charge in [0.15, 0.2) is 0 Å².